The number of hydrogen-bond donors (Lipinski definition) is 0. The predicted octanol–water partition coefficient (Wildman–Crippen LogP) is 16.1. The lowest BCUT2D eigenvalue weighted by Gasteiger charge is -2.22. The Morgan fingerprint density at radius 3 is 0.885 bits per heavy atom. The van der Waals surface area contributed by atoms with Crippen molar-refractivity contribution in [3.63, 3.8) is 0 Å². The van der Waals surface area contributed by atoms with Crippen LogP contribution in [0.4, 0.5) is 0 Å². The molecule has 0 aliphatic rings. The average molecular weight is 731 g/mol. The summed E-state index contributed by atoms with van der Waals surface area (Å²) < 4.78 is 20.4. The van der Waals surface area contributed by atoms with Gasteiger partial charge in [0.05, 0.1) is 0 Å². The van der Waals surface area contributed by atoms with Gasteiger partial charge in [-0.3, -0.25) is 0 Å². The average Bonchev–Trinajstić information content (AvgIpc) is 3.12. The maximum Gasteiger partial charge on any atom is 0.530 e. The molecule has 290 valence electrons. The summed E-state index contributed by atoms with van der Waals surface area (Å²) in [6, 6.07) is 25.5. The topological polar surface area (TPSA) is 27.7 Å². The van der Waals surface area contributed by atoms with Crippen LogP contribution in [0.5, 0.6) is 17.2 Å². The summed E-state index contributed by atoms with van der Waals surface area (Å²) in [6.07, 6.45) is 26.2. The largest absolute Gasteiger partial charge is 0.530 e. The van der Waals surface area contributed by atoms with Crippen LogP contribution in [0.2, 0.25) is 0 Å². The van der Waals surface area contributed by atoms with Crippen molar-refractivity contribution >= 4 is 8.60 Å². The highest BCUT2D eigenvalue weighted by molar-refractivity contribution is 7.43. The molecule has 0 bridgehead atoms. The Morgan fingerprint density at radius 2 is 0.596 bits per heavy atom. The smallest absolute Gasteiger partial charge is 0.408 e. The monoisotopic (exact) mass is 731 g/mol. The zero-order valence-corrected chi connectivity index (χ0v) is 35.1. The van der Waals surface area contributed by atoms with Crippen molar-refractivity contribution < 1.29 is 13.6 Å². The fraction of sp³-hybridized carbons (Fsp3) is 0.625. The van der Waals surface area contributed by atoms with E-state index in [1.165, 1.54) is 132 Å². The highest BCUT2D eigenvalue weighted by Gasteiger charge is 2.24. The van der Waals surface area contributed by atoms with Crippen LogP contribution in [-0.2, 0) is 19.3 Å². The molecule has 3 aromatic carbocycles. The van der Waals surface area contributed by atoms with Gasteiger partial charge in [0.15, 0.2) is 0 Å². The van der Waals surface area contributed by atoms with E-state index in [4.69, 9.17) is 13.6 Å². The molecule has 0 heterocycles. The van der Waals surface area contributed by atoms with Gasteiger partial charge in [-0.1, -0.05) is 192 Å². The summed E-state index contributed by atoms with van der Waals surface area (Å²) in [4.78, 5) is 0. The summed E-state index contributed by atoms with van der Waals surface area (Å²) in [6.45, 7) is 13.9. The molecule has 3 aromatic rings. The van der Waals surface area contributed by atoms with Crippen molar-refractivity contribution in [1.82, 2.24) is 0 Å². The van der Waals surface area contributed by atoms with E-state index in [1.807, 2.05) is 0 Å². The first-order chi connectivity index (χ1) is 25.3. The molecule has 0 saturated heterocycles. The van der Waals surface area contributed by atoms with Crippen LogP contribution in [0.3, 0.4) is 0 Å². The van der Waals surface area contributed by atoms with Crippen molar-refractivity contribution in [1.29, 1.82) is 0 Å². The molecule has 0 aliphatic carbocycles. The fourth-order valence-electron chi connectivity index (χ4n) is 6.89. The van der Waals surface area contributed by atoms with E-state index in [9.17, 15) is 0 Å². The maximum atomic E-state index is 6.78. The van der Waals surface area contributed by atoms with E-state index in [-0.39, 0.29) is 0 Å². The third-order valence-corrected chi connectivity index (χ3v) is 11.2. The SMILES string of the molecule is CC(C)CCCCCCCc1ccccc1OP(Oc1ccccc1CCCCCCCC(C)C)Oc1ccccc1CCCCCCCC(C)C. The molecule has 3 nitrogen and oxygen atoms in total. The van der Waals surface area contributed by atoms with Gasteiger partial charge < -0.3 is 13.6 Å². The van der Waals surface area contributed by atoms with Crippen LogP contribution in [0.1, 0.15) is 174 Å². The van der Waals surface area contributed by atoms with Gasteiger partial charge >= 0.3 is 8.60 Å². The minimum absolute atomic E-state index is 0.802. The van der Waals surface area contributed by atoms with Gasteiger partial charge in [0.1, 0.15) is 17.2 Å². The lowest BCUT2D eigenvalue weighted by atomic mass is 10.0. The van der Waals surface area contributed by atoms with Crippen LogP contribution in [0.15, 0.2) is 72.8 Å². The minimum Gasteiger partial charge on any atom is -0.408 e. The molecule has 0 atom stereocenters. The molecule has 4 heteroatoms. The van der Waals surface area contributed by atoms with Crippen LogP contribution in [0, 0.1) is 17.8 Å². The summed E-state index contributed by atoms with van der Waals surface area (Å²) in [7, 11) is -1.74. The Hall–Kier alpha value is -2.51. The number of para-hydroxylation sites is 3. The number of rotatable bonds is 30. The van der Waals surface area contributed by atoms with Gasteiger partial charge in [-0.25, -0.2) is 0 Å². The van der Waals surface area contributed by atoms with Gasteiger partial charge in [0, 0.05) is 0 Å². The first-order valence-electron chi connectivity index (χ1n) is 21.4. The van der Waals surface area contributed by atoms with E-state index < -0.39 is 8.60 Å². The molecule has 0 radical (unpaired) electrons. The molecular formula is C48H75O3P. The molecule has 0 aromatic heterocycles. The van der Waals surface area contributed by atoms with Crippen molar-refractivity contribution in [3.05, 3.63) is 89.5 Å². The van der Waals surface area contributed by atoms with E-state index >= 15 is 0 Å². The van der Waals surface area contributed by atoms with Crippen LogP contribution >= 0.6 is 8.60 Å². The molecule has 0 saturated carbocycles. The van der Waals surface area contributed by atoms with Crippen molar-refractivity contribution in [2.45, 2.75) is 176 Å². The molecule has 0 amide bonds. The van der Waals surface area contributed by atoms with Gasteiger partial charge in [0.2, 0.25) is 0 Å². The van der Waals surface area contributed by atoms with Crippen molar-refractivity contribution in [3.8, 4) is 17.2 Å². The van der Waals surface area contributed by atoms with Crippen molar-refractivity contribution in [2.24, 2.45) is 17.8 Å². The van der Waals surface area contributed by atoms with Gasteiger partial charge in [-0.2, -0.15) is 0 Å². The second-order valence-corrected chi connectivity index (χ2v) is 17.4. The quantitative estimate of drug-likeness (QED) is 0.0505. The minimum atomic E-state index is -1.74. The Labute approximate surface area is 322 Å². The normalized spacial score (nSPS) is 11.7. The standard InChI is InChI=1S/C48H75O3P/c1-40(2)28-16-10-7-13-19-31-43-34-22-25-37-46(43)49-52(50-47-38-26-23-35-44(47)32-20-14-8-11-17-29-41(3)4)51-48-39-27-24-36-45(48)33-21-15-9-12-18-30-42(5)6/h22-27,34-42H,7-21,28-33H2,1-6H3. The molecule has 0 N–H and O–H groups in total. The molecule has 0 aliphatic heterocycles. The molecule has 0 fully saturated rings. The van der Waals surface area contributed by atoms with Crippen molar-refractivity contribution in [2.75, 3.05) is 0 Å². The van der Waals surface area contributed by atoms with E-state index in [0.717, 1.165) is 54.3 Å². The maximum absolute atomic E-state index is 6.78. The first-order valence-corrected chi connectivity index (χ1v) is 22.5. The molecule has 0 spiro atoms. The Balaban J connectivity index is 1.69. The lowest BCUT2D eigenvalue weighted by molar-refractivity contribution is 0.382. The summed E-state index contributed by atoms with van der Waals surface area (Å²) in [5, 5.41) is 0. The lowest BCUT2D eigenvalue weighted by Crippen LogP contribution is -2.06. The Kier molecular flexibility index (Phi) is 22.9. The van der Waals surface area contributed by atoms with Crippen LogP contribution < -0.4 is 13.6 Å². The third kappa shape index (κ3) is 19.5. The summed E-state index contributed by atoms with van der Waals surface area (Å²) in [5.41, 5.74) is 3.71. The Bertz CT molecular complexity index is 1160. The predicted molar refractivity (Wildman–Crippen MR) is 227 cm³/mol. The molecular weight excluding hydrogens is 655 g/mol. The molecule has 52 heavy (non-hydrogen) atoms. The van der Waals surface area contributed by atoms with Crippen LogP contribution in [-0.4, -0.2) is 0 Å². The van der Waals surface area contributed by atoms with E-state index in [1.54, 1.807) is 0 Å². The molecule has 3 rings (SSSR count). The van der Waals surface area contributed by atoms with Gasteiger partial charge in [-0.05, 0) is 91.2 Å². The van der Waals surface area contributed by atoms with Gasteiger partial charge in [0.25, 0.3) is 0 Å². The van der Waals surface area contributed by atoms with E-state index in [0.29, 0.717) is 0 Å². The van der Waals surface area contributed by atoms with Crippen LogP contribution in [0.25, 0.3) is 0 Å². The number of hydrogen-bond acceptors (Lipinski definition) is 3. The second-order valence-electron chi connectivity index (χ2n) is 16.4. The zero-order valence-electron chi connectivity index (χ0n) is 34.2. The zero-order chi connectivity index (χ0) is 37.2. The third-order valence-electron chi connectivity index (χ3n) is 10.1. The Morgan fingerprint density at radius 1 is 0.346 bits per heavy atom. The second kappa shape index (κ2) is 27.1. The fourth-order valence-corrected chi connectivity index (χ4v) is 8.02. The number of benzene rings is 3. The highest BCUT2D eigenvalue weighted by atomic mass is 31.2. The first kappa shape index (κ1) is 43.9. The van der Waals surface area contributed by atoms with E-state index in [2.05, 4.69) is 114 Å². The number of aryl methyl sites for hydroxylation is 3. The molecule has 0 unspecified atom stereocenters. The summed E-state index contributed by atoms with van der Waals surface area (Å²) >= 11 is 0. The van der Waals surface area contributed by atoms with Gasteiger partial charge in [-0.15, -0.1) is 0 Å². The number of unbranched alkanes of at least 4 members (excludes halogenated alkanes) is 12. The highest BCUT2D eigenvalue weighted by Crippen LogP contribution is 2.45. The summed E-state index contributed by atoms with van der Waals surface area (Å²) in [5.74, 6) is 5.05.